The molecular formula is C13H22N2S. The molecule has 90 valence electrons. The largest absolute Gasteiger partial charge is 0.360 e. The Kier molecular flexibility index (Phi) is 2.61. The third-order valence-corrected chi connectivity index (χ3v) is 5.63. The van der Waals surface area contributed by atoms with Crippen LogP contribution in [-0.2, 0) is 0 Å². The molecule has 16 heavy (non-hydrogen) atoms. The van der Waals surface area contributed by atoms with E-state index in [1.165, 1.54) is 32.1 Å². The van der Waals surface area contributed by atoms with E-state index in [0.717, 1.165) is 28.8 Å². The summed E-state index contributed by atoms with van der Waals surface area (Å²) < 4.78 is 0. The molecule has 0 aromatic heterocycles. The monoisotopic (exact) mass is 238 g/mol. The van der Waals surface area contributed by atoms with Crippen molar-refractivity contribution in [2.75, 3.05) is 14.1 Å². The minimum absolute atomic E-state index is 0.680. The molecular weight excluding hydrogens is 216 g/mol. The summed E-state index contributed by atoms with van der Waals surface area (Å²) in [5, 5.41) is 4.50. The summed E-state index contributed by atoms with van der Waals surface area (Å²) in [6.45, 7) is 0. The van der Waals surface area contributed by atoms with E-state index < -0.39 is 0 Å². The lowest BCUT2D eigenvalue weighted by Crippen LogP contribution is -2.46. The first-order valence-corrected chi connectivity index (χ1v) is 7.05. The Morgan fingerprint density at radius 1 is 1.12 bits per heavy atom. The summed E-state index contributed by atoms with van der Waals surface area (Å²) in [6.07, 6.45) is 7.32. The Morgan fingerprint density at radius 3 is 2.62 bits per heavy atom. The van der Waals surface area contributed by atoms with E-state index in [4.69, 9.17) is 12.2 Å². The number of rotatable bonds is 1. The molecule has 3 fully saturated rings. The maximum atomic E-state index is 5.37. The van der Waals surface area contributed by atoms with Crippen molar-refractivity contribution in [3.8, 4) is 0 Å². The maximum absolute atomic E-state index is 5.37. The lowest BCUT2D eigenvalue weighted by molar-refractivity contribution is 0.221. The van der Waals surface area contributed by atoms with E-state index >= 15 is 0 Å². The van der Waals surface area contributed by atoms with Crippen molar-refractivity contribution in [1.29, 1.82) is 0 Å². The highest BCUT2D eigenvalue weighted by molar-refractivity contribution is 7.80. The Hall–Kier alpha value is -0.310. The first kappa shape index (κ1) is 10.8. The molecule has 1 N–H and O–H groups in total. The summed E-state index contributed by atoms with van der Waals surface area (Å²) >= 11 is 5.37. The van der Waals surface area contributed by atoms with Crippen LogP contribution in [-0.4, -0.2) is 30.1 Å². The first-order valence-electron chi connectivity index (χ1n) is 6.64. The average molecular weight is 238 g/mol. The van der Waals surface area contributed by atoms with Crippen molar-refractivity contribution in [3.05, 3.63) is 0 Å². The third-order valence-electron chi connectivity index (χ3n) is 5.14. The molecule has 3 saturated carbocycles. The predicted molar refractivity (Wildman–Crippen MR) is 70.3 cm³/mol. The third kappa shape index (κ3) is 1.55. The summed E-state index contributed by atoms with van der Waals surface area (Å²) in [5.41, 5.74) is 0. The van der Waals surface area contributed by atoms with Gasteiger partial charge in [0.25, 0.3) is 0 Å². The summed E-state index contributed by atoms with van der Waals surface area (Å²) in [7, 11) is 4.06. The molecule has 2 bridgehead atoms. The van der Waals surface area contributed by atoms with Crippen LogP contribution in [0.2, 0.25) is 0 Å². The molecule has 3 aliphatic rings. The van der Waals surface area contributed by atoms with Crippen LogP contribution >= 0.6 is 12.2 Å². The molecule has 3 rings (SSSR count). The number of thiocarbonyl (C=S) groups is 1. The normalized spacial score (nSPS) is 44.5. The van der Waals surface area contributed by atoms with Crippen LogP contribution in [0.4, 0.5) is 0 Å². The second kappa shape index (κ2) is 3.86. The van der Waals surface area contributed by atoms with Gasteiger partial charge in [-0.3, -0.25) is 0 Å². The van der Waals surface area contributed by atoms with E-state index in [0.29, 0.717) is 6.04 Å². The summed E-state index contributed by atoms with van der Waals surface area (Å²) in [5.74, 6) is 4.05. The van der Waals surface area contributed by atoms with Crippen LogP contribution in [0.3, 0.4) is 0 Å². The lowest BCUT2D eigenvalue weighted by Gasteiger charge is -2.33. The minimum Gasteiger partial charge on any atom is -0.360 e. The maximum Gasteiger partial charge on any atom is 0.168 e. The van der Waals surface area contributed by atoms with Gasteiger partial charge < -0.3 is 10.2 Å². The zero-order valence-corrected chi connectivity index (χ0v) is 11.1. The zero-order valence-electron chi connectivity index (χ0n) is 10.3. The van der Waals surface area contributed by atoms with Crippen LogP contribution in [0, 0.1) is 23.7 Å². The van der Waals surface area contributed by atoms with E-state index in [1.54, 1.807) is 0 Å². The molecule has 0 aromatic rings. The summed E-state index contributed by atoms with van der Waals surface area (Å²) in [4.78, 5) is 2.02. The molecule has 0 heterocycles. The van der Waals surface area contributed by atoms with Gasteiger partial charge in [0, 0.05) is 20.1 Å². The molecule has 0 spiro atoms. The van der Waals surface area contributed by atoms with Gasteiger partial charge >= 0.3 is 0 Å². The Balaban J connectivity index is 1.66. The highest BCUT2D eigenvalue weighted by atomic mass is 32.1. The van der Waals surface area contributed by atoms with Gasteiger partial charge in [-0.25, -0.2) is 0 Å². The van der Waals surface area contributed by atoms with Gasteiger partial charge in [0.05, 0.1) is 0 Å². The van der Waals surface area contributed by atoms with Crippen molar-refractivity contribution in [2.24, 2.45) is 23.7 Å². The predicted octanol–water partition coefficient (Wildman–Crippen LogP) is 2.25. The fraction of sp³-hybridized carbons (Fsp3) is 0.923. The zero-order chi connectivity index (χ0) is 11.3. The van der Waals surface area contributed by atoms with Gasteiger partial charge in [-0.05, 0) is 61.6 Å². The summed E-state index contributed by atoms with van der Waals surface area (Å²) in [6, 6.07) is 0.680. The van der Waals surface area contributed by atoms with Gasteiger partial charge in [-0.2, -0.15) is 0 Å². The van der Waals surface area contributed by atoms with Gasteiger partial charge in [0.2, 0.25) is 0 Å². The van der Waals surface area contributed by atoms with Crippen LogP contribution in [0.5, 0.6) is 0 Å². The molecule has 0 aromatic carbocycles. The average Bonchev–Trinajstić information content (AvgIpc) is 2.87. The van der Waals surface area contributed by atoms with Crippen molar-refractivity contribution in [1.82, 2.24) is 10.2 Å². The molecule has 0 saturated heterocycles. The van der Waals surface area contributed by atoms with E-state index in [-0.39, 0.29) is 0 Å². The van der Waals surface area contributed by atoms with Gasteiger partial charge in [0.15, 0.2) is 5.11 Å². The van der Waals surface area contributed by atoms with Crippen molar-refractivity contribution in [3.63, 3.8) is 0 Å². The van der Waals surface area contributed by atoms with E-state index in [9.17, 15) is 0 Å². The number of nitrogens with one attached hydrogen (secondary N) is 1. The van der Waals surface area contributed by atoms with Crippen LogP contribution in [0.15, 0.2) is 0 Å². The Bertz CT molecular complexity index is 302. The fourth-order valence-electron chi connectivity index (χ4n) is 4.52. The topological polar surface area (TPSA) is 15.3 Å². The number of fused-ring (bicyclic) bond motifs is 5. The van der Waals surface area contributed by atoms with Crippen molar-refractivity contribution in [2.45, 2.75) is 38.1 Å². The molecule has 2 nitrogen and oxygen atoms in total. The van der Waals surface area contributed by atoms with Crippen LogP contribution in [0.1, 0.15) is 32.1 Å². The number of hydrogen-bond donors (Lipinski definition) is 1. The molecule has 0 unspecified atom stereocenters. The highest BCUT2D eigenvalue weighted by Gasteiger charge is 2.53. The Labute approximate surface area is 104 Å². The second-order valence-electron chi connectivity index (χ2n) is 6.10. The van der Waals surface area contributed by atoms with E-state index in [2.05, 4.69) is 5.32 Å². The van der Waals surface area contributed by atoms with E-state index in [1.807, 2.05) is 19.0 Å². The Morgan fingerprint density at radius 2 is 1.88 bits per heavy atom. The number of hydrogen-bond acceptors (Lipinski definition) is 1. The molecule has 0 radical (unpaired) electrons. The van der Waals surface area contributed by atoms with Gasteiger partial charge in [-0.1, -0.05) is 6.42 Å². The standard InChI is InChI=1S/C13H22N2S/c1-15(2)13(16)14-12-7-8-6-11(12)10-5-3-4-9(8)10/h8-12H,3-7H2,1-2H3,(H,14,16)/t8-,9-,10-,11-,12+/m0/s1. The molecule has 0 aliphatic heterocycles. The number of nitrogens with zero attached hydrogens (tertiary/aromatic N) is 1. The van der Waals surface area contributed by atoms with Crippen LogP contribution in [0.25, 0.3) is 0 Å². The fourth-order valence-corrected chi connectivity index (χ4v) is 4.67. The molecule has 3 aliphatic carbocycles. The lowest BCUT2D eigenvalue weighted by atomic mass is 9.79. The quantitative estimate of drug-likeness (QED) is 0.705. The van der Waals surface area contributed by atoms with Crippen molar-refractivity contribution >= 4 is 17.3 Å². The molecule has 3 heteroatoms. The van der Waals surface area contributed by atoms with Gasteiger partial charge in [-0.15, -0.1) is 0 Å². The first-order chi connectivity index (χ1) is 7.66. The molecule has 5 atom stereocenters. The molecule has 0 amide bonds. The second-order valence-corrected chi connectivity index (χ2v) is 6.49. The SMILES string of the molecule is CN(C)C(=S)N[C@@H]1C[C@@H]2C[C@H]1[C@H]1CCC[C@@H]21. The minimum atomic E-state index is 0.680. The van der Waals surface area contributed by atoms with Gasteiger partial charge in [0.1, 0.15) is 0 Å². The highest BCUT2D eigenvalue weighted by Crippen LogP contribution is 2.58. The van der Waals surface area contributed by atoms with Crippen molar-refractivity contribution < 1.29 is 0 Å². The van der Waals surface area contributed by atoms with Crippen LogP contribution < -0.4 is 5.32 Å². The smallest absolute Gasteiger partial charge is 0.168 e.